The van der Waals surface area contributed by atoms with Crippen LogP contribution < -0.4 is 10.2 Å². The van der Waals surface area contributed by atoms with Gasteiger partial charge < -0.3 is 4.74 Å². The van der Waals surface area contributed by atoms with Crippen LogP contribution in [0.25, 0.3) is 6.08 Å². The Morgan fingerprint density at radius 2 is 1.82 bits per heavy atom. The summed E-state index contributed by atoms with van der Waals surface area (Å²) in [4.78, 5) is 10.1. The molecule has 0 aliphatic carbocycles. The molecule has 6 heteroatoms. The number of rotatable bonds is 6. The number of hydrogen-bond donors (Lipinski definition) is 1. The van der Waals surface area contributed by atoms with Gasteiger partial charge in [0.15, 0.2) is 0 Å². The van der Waals surface area contributed by atoms with Crippen LogP contribution in [0.15, 0.2) is 59.7 Å². The minimum Gasteiger partial charge on any atom is -0.497 e. The number of allylic oxidation sites excluding steroid dienone is 1. The second kappa shape index (κ2) is 7.58. The Bertz CT molecular complexity index is 677. The van der Waals surface area contributed by atoms with Crippen molar-refractivity contribution in [2.75, 3.05) is 12.5 Å². The number of nitrogens with zero attached hydrogens (tertiary/aromatic N) is 2. The van der Waals surface area contributed by atoms with Gasteiger partial charge in [0.1, 0.15) is 5.75 Å². The van der Waals surface area contributed by atoms with Crippen LogP contribution in [0.2, 0.25) is 0 Å². The summed E-state index contributed by atoms with van der Waals surface area (Å²) in [6, 6.07) is 13.7. The van der Waals surface area contributed by atoms with E-state index in [-0.39, 0.29) is 5.69 Å². The fraction of sp³-hybridized carbons (Fsp3) is 0.0625. The van der Waals surface area contributed by atoms with Crippen LogP contribution in [-0.2, 0) is 0 Å². The van der Waals surface area contributed by atoms with Crippen LogP contribution in [0.5, 0.6) is 5.75 Å². The van der Waals surface area contributed by atoms with Gasteiger partial charge in [0.25, 0.3) is 5.69 Å². The molecule has 6 nitrogen and oxygen atoms in total. The monoisotopic (exact) mass is 297 g/mol. The number of nitro benzene ring substituents is 1. The standard InChI is InChI=1S/C16H15N3O3/c1-22-16-10-4-13(5-11-16)3-2-12-17-18-14-6-8-15(9-7-14)19(20)21/h2-12,18H,1H3. The maximum absolute atomic E-state index is 10.5. The molecule has 2 aromatic carbocycles. The molecule has 2 rings (SSSR count). The summed E-state index contributed by atoms with van der Waals surface area (Å²) in [5.41, 5.74) is 4.55. The zero-order valence-corrected chi connectivity index (χ0v) is 12.0. The average Bonchev–Trinajstić information content (AvgIpc) is 2.55. The van der Waals surface area contributed by atoms with Crippen LogP contribution in [0.4, 0.5) is 11.4 Å². The summed E-state index contributed by atoms with van der Waals surface area (Å²) in [6.07, 6.45) is 5.30. The largest absolute Gasteiger partial charge is 0.497 e. The maximum Gasteiger partial charge on any atom is 0.269 e. The van der Waals surface area contributed by atoms with E-state index in [4.69, 9.17) is 4.74 Å². The van der Waals surface area contributed by atoms with Crippen LogP contribution >= 0.6 is 0 Å². The summed E-state index contributed by atoms with van der Waals surface area (Å²) in [7, 11) is 1.63. The van der Waals surface area contributed by atoms with Gasteiger partial charge in [-0.1, -0.05) is 18.2 Å². The minimum atomic E-state index is -0.440. The lowest BCUT2D eigenvalue weighted by Crippen LogP contribution is -1.90. The van der Waals surface area contributed by atoms with Gasteiger partial charge >= 0.3 is 0 Å². The highest BCUT2D eigenvalue weighted by atomic mass is 16.6. The first kappa shape index (κ1) is 15.2. The summed E-state index contributed by atoms with van der Waals surface area (Å²) in [5, 5.41) is 14.5. The molecule has 0 spiro atoms. The van der Waals surface area contributed by atoms with E-state index in [1.54, 1.807) is 31.5 Å². The number of hydrogen-bond acceptors (Lipinski definition) is 5. The van der Waals surface area contributed by atoms with Gasteiger partial charge in [0.2, 0.25) is 0 Å². The predicted molar refractivity (Wildman–Crippen MR) is 87.2 cm³/mol. The topological polar surface area (TPSA) is 76.8 Å². The van der Waals surface area contributed by atoms with E-state index < -0.39 is 4.92 Å². The maximum atomic E-state index is 10.5. The van der Waals surface area contributed by atoms with Crippen molar-refractivity contribution in [2.24, 2.45) is 5.10 Å². The Labute approximate surface area is 127 Å². The Balaban J connectivity index is 1.86. The van der Waals surface area contributed by atoms with Crippen LogP contribution in [-0.4, -0.2) is 18.2 Å². The van der Waals surface area contributed by atoms with Crippen molar-refractivity contribution in [1.82, 2.24) is 0 Å². The van der Waals surface area contributed by atoms with Gasteiger partial charge in [-0.25, -0.2) is 0 Å². The van der Waals surface area contributed by atoms with E-state index in [0.29, 0.717) is 5.69 Å². The first-order valence-corrected chi connectivity index (χ1v) is 6.53. The quantitative estimate of drug-likeness (QED) is 0.501. The summed E-state index contributed by atoms with van der Waals surface area (Å²) < 4.78 is 5.08. The highest BCUT2D eigenvalue weighted by Crippen LogP contribution is 2.15. The van der Waals surface area contributed by atoms with E-state index in [1.807, 2.05) is 30.3 Å². The first-order chi connectivity index (χ1) is 10.7. The van der Waals surface area contributed by atoms with E-state index in [9.17, 15) is 10.1 Å². The average molecular weight is 297 g/mol. The van der Waals surface area contributed by atoms with Gasteiger partial charge in [-0.15, -0.1) is 0 Å². The molecule has 0 saturated carbocycles. The molecule has 0 aromatic heterocycles. The zero-order valence-electron chi connectivity index (χ0n) is 12.0. The number of nitrogens with one attached hydrogen (secondary N) is 1. The summed E-state index contributed by atoms with van der Waals surface area (Å²) >= 11 is 0. The fourth-order valence-corrected chi connectivity index (χ4v) is 1.68. The molecule has 0 bridgehead atoms. The predicted octanol–water partition coefficient (Wildman–Crippen LogP) is 3.71. The SMILES string of the molecule is COc1ccc(C=CC=NNc2ccc([N+](=O)[O-])cc2)cc1. The van der Waals surface area contributed by atoms with Crippen molar-refractivity contribution in [1.29, 1.82) is 0 Å². The second-order valence-corrected chi connectivity index (χ2v) is 4.33. The Morgan fingerprint density at radius 1 is 1.14 bits per heavy atom. The smallest absolute Gasteiger partial charge is 0.269 e. The van der Waals surface area contributed by atoms with Crippen molar-refractivity contribution < 1.29 is 9.66 Å². The first-order valence-electron chi connectivity index (χ1n) is 6.53. The molecule has 2 aromatic rings. The Kier molecular flexibility index (Phi) is 5.25. The minimum absolute atomic E-state index is 0.0499. The Hall–Kier alpha value is -3.15. The van der Waals surface area contributed by atoms with E-state index in [1.165, 1.54) is 12.1 Å². The van der Waals surface area contributed by atoms with Crippen molar-refractivity contribution in [3.05, 3.63) is 70.3 Å². The van der Waals surface area contributed by atoms with Crippen molar-refractivity contribution in [3.63, 3.8) is 0 Å². The molecule has 1 N–H and O–H groups in total. The molecule has 22 heavy (non-hydrogen) atoms. The van der Waals surface area contributed by atoms with Crippen LogP contribution in [0.3, 0.4) is 0 Å². The van der Waals surface area contributed by atoms with Gasteiger partial charge in [0.05, 0.1) is 17.7 Å². The lowest BCUT2D eigenvalue weighted by molar-refractivity contribution is -0.384. The lowest BCUT2D eigenvalue weighted by Gasteiger charge is -1.99. The molecule has 0 aliphatic rings. The summed E-state index contributed by atoms with van der Waals surface area (Å²) in [5.74, 6) is 0.811. The van der Waals surface area contributed by atoms with E-state index >= 15 is 0 Å². The highest BCUT2D eigenvalue weighted by molar-refractivity contribution is 5.78. The molecule has 0 aliphatic heterocycles. The van der Waals surface area contributed by atoms with Crippen molar-refractivity contribution >= 4 is 23.7 Å². The number of methoxy groups -OCH3 is 1. The highest BCUT2D eigenvalue weighted by Gasteiger charge is 2.02. The van der Waals surface area contributed by atoms with E-state index in [2.05, 4.69) is 10.5 Å². The molecular formula is C16H15N3O3. The number of anilines is 1. The molecule has 0 saturated heterocycles. The van der Waals surface area contributed by atoms with E-state index in [0.717, 1.165) is 11.3 Å². The van der Waals surface area contributed by atoms with Gasteiger partial charge in [-0.3, -0.25) is 15.5 Å². The fourth-order valence-electron chi connectivity index (χ4n) is 1.68. The van der Waals surface area contributed by atoms with Crippen molar-refractivity contribution in [2.45, 2.75) is 0 Å². The molecule has 0 heterocycles. The third kappa shape index (κ3) is 4.45. The third-order valence-electron chi connectivity index (χ3n) is 2.84. The molecule has 112 valence electrons. The Morgan fingerprint density at radius 3 is 2.41 bits per heavy atom. The lowest BCUT2D eigenvalue weighted by atomic mass is 10.2. The number of hydrazone groups is 1. The molecule has 0 radical (unpaired) electrons. The van der Waals surface area contributed by atoms with Gasteiger partial charge in [0, 0.05) is 18.3 Å². The second-order valence-electron chi connectivity index (χ2n) is 4.33. The van der Waals surface area contributed by atoms with Gasteiger partial charge in [-0.05, 0) is 35.9 Å². The zero-order chi connectivity index (χ0) is 15.8. The molecule has 0 unspecified atom stereocenters. The molecule has 0 fully saturated rings. The van der Waals surface area contributed by atoms with Gasteiger partial charge in [-0.2, -0.15) is 5.10 Å². The number of non-ortho nitro benzene ring substituents is 1. The van der Waals surface area contributed by atoms with Crippen molar-refractivity contribution in [3.8, 4) is 5.75 Å². The molecule has 0 amide bonds. The molecule has 0 atom stereocenters. The number of benzene rings is 2. The normalized spacial score (nSPS) is 11.0. The van der Waals surface area contributed by atoms with Crippen LogP contribution in [0.1, 0.15) is 5.56 Å². The summed E-state index contributed by atoms with van der Waals surface area (Å²) in [6.45, 7) is 0. The number of ether oxygens (including phenoxy) is 1. The van der Waals surface area contributed by atoms with Crippen LogP contribution in [0, 0.1) is 10.1 Å². The third-order valence-corrected chi connectivity index (χ3v) is 2.84. The molecular weight excluding hydrogens is 282 g/mol. The number of nitro groups is 1.